The summed E-state index contributed by atoms with van der Waals surface area (Å²) in [5.41, 5.74) is 1.09. The van der Waals surface area contributed by atoms with Gasteiger partial charge in [0, 0.05) is 24.2 Å². The molecule has 0 spiro atoms. The van der Waals surface area contributed by atoms with Crippen molar-refractivity contribution in [3.8, 4) is 11.5 Å². The van der Waals surface area contributed by atoms with E-state index in [1.165, 1.54) is 23.5 Å². The van der Waals surface area contributed by atoms with Crippen LogP contribution >= 0.6 is 0 Å². The number of para-hydroxylation sites is 1. The summed E-state index contributed by atoms with van der Waals surface area (Å²) >= 11 is 0. The lowest BCUT2D eigenvalue weighted by Gasteiger charge is -2.26. The van der Waals surface area contributed by atoms with Gasteiger partial charge >= 0.3 is 0 Å². The zero-order chi connectivity index (χ0) is 21.7. The highest BCUT2D eigenvalue weighted by Crippen LogP contribution is 2.30. The third kappa shape index (κ3) is 4.60. The van der Waals surface area contributed by atoms with Gasteiger partial charge < -0.3 is 14.8 Å². The van der Waals surface area contributed by atoms with Gasteiger partial charge in [-0.3, -0.25) is 4.79 Å². The maximum atomic E-state index is 13.2. The van der Waals surface area contributed by atoms with Gasteiger partial charge in [-0.05, 0) is 44.0 Å². The summed E-state index contributed by atoms with van der Waals surface area (Å²) in [7, 11) is -0.741. The van der Waals surface area contributed by atoms with Crippen molar-refractivity contribution in [2.24, 2.45) is 0 Å². The topological polar surface area (TPSA) is 84.9 Å². The number of nitrogens with zero attached hydrogens (tertiary/aromatic N) is 1. The van der Waals surface area contributed by atoms with Gasteiger partial charge in [-0.1, -0.05) is 24.6 Å². The Labute approximate surface area is 178 Å². The van der Waals surface area contributed by atoms with E-state index >= 15 is 0 Å². The first-order chi connectivity index (χ1) is 14.4. The number of methoxy groups -OCH3 is 2. The summed E-state index contributed by atoms with van der Waals surface area (Å²) in [6.45, 7) is 2.81. The fourth-order valence-corrected chi connectivity index (χ4v) is 5.34. The SMILES string of the molecule is COc1ccccc1C(C)NC(=O)c1ccc(OC)c(S(=O)(=O)N2CCCCC2)c1. The molecule has 1 atom stereocenters. The molecule has 0 saturated carbocycles. The fraction of sp³-hybridized carbons (Fsp3) is 0.409. The molecule has 1 saturated heterocycles. The molecule has 1 unspecified atom stereocenters. The Bertz CT molecular complexity index is 1000. The highest BCUT2D eigenvalue weighted by molar-refractivity contribution is 7.89. The second-order valence-electron chi connectivity index (χ2n) is 7.27. The molecular weight excluding hydrogens is 404 g/mol. The molecule has 1 heterocycles. The smallest absolute Gasteiger partial charge is 0.251 e. The minimum atomic E-state index is -3.74. The van der Waals surface area contributed by atoms with Crippen LogP contribution in [0.2, 0.25) is 0 Å². The molecule has 0 aliphatic carbocycles. The van der Waals surface area contributed by atoms with E-state index in [9.17, 15) is 13.2 Å². The number of sulfonamides is 1. The van der Waals surface area contributed by atoms with Gasteiger partial charge in [-0.25, -0.2) is 8.42 Å². The summed E-state index contributed by atoms with van der Waals surface area (Å²) in [5, 5.41) is 2.91. The van der Waals surface area contributed by atoms with Crippen LogP contribution in [-0.4, -0.2) is 45.9 Å². The largest absolute Gasteiger partial charge is 0.496 e. The molecule has 1 amide bonds. The van der Waals surface area contributed by atoms with E-state index in [0.29, 0.717) is 18.8 Å². The van der Waals surface area contributed by atoms with Crippen LogP contribution in [0.15, 0.2) is 47.4 Å². The number of carbonyl (C=O) groups excluding carboxylic acids is 1. The highest BCUT2D eigenvalue weighted by Gasteiger charge is 2.30. The lowest BCUT2D eigenvalue weighted by molar-refractivity contribution is 0.0939. The number of hydrogen-bond acceptors (Lipinski definition) is 5. The number of piperidine rings is 1. The predicted molar refractivity (Wildman–Crippen MR) is 114 cm³/mol. The van der Waals surface area contributed by atoms with Crippen LogP contribution in [0.25, 0.3) is 0 Å². The highest BCUT2D eigenvalue weighted by atomic mass is 32.2. The van der Waals surface area contributed by atoms with Gasteiger partial charge in [-0.2, -0.15) is 4.31 Å². The number of hydrogen-bond donors (Lipinski definition) is 1. The lowest BCUT2D eigenvalue weighted by atomic mass is 10.1. The minimum absolute atomic E-state index is 0.0181. The molecular formula is C22H28N2O5S. The van der Waals surface area contributed by atoms with Crippen molar-refractivity contribution in [1.82, 2.24) is 9.62 Å². The van der Waals surface area contributed by atoms with E-state index in [1.54, 1.807) is 13.2 Å². The molecule has 2 aromatic rings. The Hall–Kier alpha value is -2.58. The Morgan fingerprint density at radius 2 is 1.67 bits per heavy atom. The Kier molecular flexibility index (Phi) is 6.99. The molecule has 30 heavy (non-hydrogen) atoms. The van der Waals surface area contributed by atoms with Crippen LogP contribution in [0.4, 0.5) is 0 Å². The van der Waals surface area contributed by atoms with Gasteiger partial charge in [0.1, 0.15) is 16.4 Å². The van der Waals surface area contributed by atoms with E-state index in [4.69, 9.17) is 9.47 Å². The number of carbonyl (C=O) groups is 1. The van der Waals surface area contributed by atoms with Crippen molar-refractivity contribution in [1.29, 1.82) is 0 Å². The van der Waals surface area contributed by atoms with Crippen molar-refractivity contribution in [3.63, 3.8) is 0 Å². The van der Waals surface area contributed by atoms with E-state index in [-0.39, 0.29) is 28.2 Å². The average Bonchev–Trinajstić information content (AvgIpc) is 2.79. The molecule has 0 radical (unpaired) electrons. The Morgan fingerprint density at radius 3 is 2.33 bits per heavy atom. The molecule has 7 nitrogen and oxygen atoms in total. The van der Waals surface area contributed by atoms with Crippen LogP contribution in [0.1, 0.15) is 48.1 Å². The molecule has 2 aromatic carbocycles. The molecule has 0 bridgehead atoms. The number of amides is 1. The average molecular weight is 433 g/mol. The van der Waals surface area contributed by atoms with Crippen molar-refractivity contribution in [3.05, 3.63) is 53.6 Å². The third-order valence-corrected chi connectivity index (χ3v) is 7.23. The Balaban J connectivity index is 1.87. The molecule has 1 aliphatic heterocycles. The molecule has 1 aliphatic rings. The van der Waals surface area contributed by atoms with Gasteiger partial charge in [-0.15, -0.1) is 0 Å². The van der Waals surface area contributed by atoms with Gasteiger partial charge in [0.05, 0.1) is 20.3 Å². The zero-order valence-electron chi connectivity index (χ0n) is 17.6. The quantitative estimate of drug-likeness (QED) is 0.725. The number of benzene rings is 2. The van der Waals surface area contributed by atoms with E-state index in [2.05, 4.69) is 5.32 Å². The van der Waals surface area contributed by atoms with Crippen molar-refractivity contribution >= 4 is 15.9 Å². The van der Waals surface area contributed by atoms with Gasteiger partial charge in [0.25, 0.3) is 5.91 Å². The van der Waals surface area contributed by atoms with Crippen LogP contribution in [0, 0.1) is 0 Å². The second kappa shape index (κ2) is 9.49. The first-order valence-corrected chi connectivity index (χ1v) is 11.4. The number of ether oxygens (including phenoxy) is 2. The first-order valence-electron chi connectivity index (χ1n) is 10.0. The van der Waals surface area contributed by atoms with E-state index < -0.39 is 10.0 Å². The second-order valence-corrected chi connectivity index (χ2v) is 9.17. The van der Waals surface area contributed by atoms with Crippen LogP contribution < -0.4 is 14.8 Å². The summed E-state index contributed by atoms with van der Waals surface area (Å²) in [5.74, 6) is 0.537. The van der Waals surface area contributed by atoms with Crippen molar-refractivity contribution < 1.29 is 22.7 Å². The molecule has 1 fully saturated rings. The fourth-order valence-electron chi connectivity index (χ4n) is 3.65. The molecule has 3 rings (SSSR count). The standard InChI is InChI=1S/C22H28N2O5S/c1-16(18-9-5-6-10-19(18)28-2)23-22(25)17-11-12-20(29-3)21(15-17)30(26,27)24-13-7-4-8-14-24/h5-6,9-12,15-16H,4,7-8,13-14H2,1-3H3,(H,23,25). The summed E-state index contributed by atoms with van der Waals surface area (Å²) < 4.78 is 38.4. The summed E-state index contributed by atoms with van der Waals surface area (Å²) in [6.07, 6.45) is 2.68. The molecule has 1 N–H and O–H groups in total. The summed E-state index contributed by atoms with van der Waals surface area (Å²) in [4.78, 5) is 12.9. The van der Waals surface area contributed by atoms with Crippen LogP contribution in [0.5, 0.6) is 11.5 Å². The monoisotopic (exact) mass is 432 g/mol. The van der Waals surface area contributed by atoms with Crippen molar-refractivity contribution in [2.75, 3.05) is 27.3 Å². The van der Waals surface area contributed by atoms with Crippen molar-refractivity contribution in [2.45, 2.75) is 37.1 Å². The van der Waals surface area contributed by atoms with E-state index in [0.717, 1.165) is 24.8 Å². The normalized spacial score (nSPS) is 16.0. The number of nitrogens with one attached hydrogen (secondary N) is 1. The zero-order valence-corrected chi connectivity index (χ0v) is 18.4. The third-order valence-electron chi connectivity index (χ3n) is 5.31. The van der Waals surface area contributed by atoms with Gasteiger partial charge in [0.2, 0.25) is 10.0 Å². The maximum absolute atomic E-state index is 13.2. The Morgan fingerprint density at radius 1 is 1.00 bits per heavy atom. The number of rotatable bonds is 7. The molecule has 162 valence electrons. The summed E-state index contributed by atoms with van der Waals surface area (Å²) in [6, 6.07) is 11.6. The van der Waals surface area contributed by atoms with Gasteiger partial charge in [0.15, 0.2) is 0 Å². The first kappa shape index (κ1) is 22.1. The molecule has 0 aromatic heterocycles. The van der Waals surface area contributed by atoms with E-state index in [1.807, 2.05) is 31.2 Å². The minimum Gasteiger partial charge on any atom is -0.496 e. The maximum Gasteiger partial charge on any atom is 0.251 e. The van der Waals surface area contributed by atoms with Crippen LogP contribution in [0.3, 0.4) is 0 Å². The van der Waals surface area contributed by atoms with Crippen LogP contribution in [-0.2, 0) is 10.0 Å². The molecule has 8 heteroatoms. The predicted octanol–water partition coefficient (Wildman–Crippen LogP) is 3.37. The lowest BCUT2D eigenvalue weighted by Crippen LogP contribution is -2.36.